The Bertz CT molecular complexity index is 1050. The predicted molar refractivity (Wildman–Crippen MR) is 120 cm³/mol. The topological polar surface area (TPSA) is 50.5 Å². The summed E-state index contributed by atoms with van der Waals surface area (Å²) in [6.45, 7) is 2.95. The van der Waals surface area contributed by atoms with Gasteiger partial charge in [-0.1, -0.05) is 30.7 Å². The van der Waals surface area contributed by atoms with Gasteiger partial charge in [-0.25, -0.2) is 9.37 Å². The lowest BCUT2D eigenvalue weighted by atomic mass is 9.65. The lowest BCUT2D eigenvalue weighted by Gasteiger charge is -2.52. The maximum atomic E-state index is 13.3. The number of benzene rings is 2. The lowest BCUT2D eigenvalue weighted by Crippen LogP contribution is -2.58. The maximum absolute atomic E-state index is 13.3. The quantitative estimate of drug-likeness (QED) is 0.629. The number of nitrogens with zero attached hydrogens (tertiary/aromatic N) is 3. The van der Waals surface area contributed by atoms with Crippen LogP contribution in [0, 0.1) is 17.7 Å². The number of rotatable bonds is 6. The molecule has 5 nitrogen and oxygen atoms in total. The van der Waals surface area contributed by atoms with E-state index in [1.807, 2.05) is 36.0 Å². The van der Waals surface area contributed by atoms with Crippen LogP contribution in [0.4, 0.5) is 4.39 Å². The second-order valence-corrected chi connectivity index (χ2v) is 9.27. The van der Waals surface area contributed by atoms with Crippen LogP contribution in [0.2, 0.25) is 0 Å². The largest absolute Gasteiger partial charge is 0.489 e. The van der Waals surface area contributed by atoms with Crippen LogP contribution in [-0.4, -0.2) is 32.6 Å². The molecule has 0 spiro atoms. The highest BCUT2D eigenvalue weighted by Gasteiger charge is 2.53. The Morgan fingerprint density at radius 2 is 1.84 bits per heavy atom. The predicted octanol–water partition coefficient (Wildman–Crippen LogP) is 4.26. The molecule has 2 bridgehead atoms. The van der Waals surface area contributed by atoms with Crippen molar-refractivity contribution in [2.45, 2.75) is 38.0 Å². The minimum atomic E-state index is -0.832. The van der Waals surface area contributed by atoms with E-state index in [2.05, 4.69) is 22.0 Å². The van der Waals surface area contributed by atoms with E-state index in [4.69, 9.17) is 4.74 Å². The SMILES string of the molecule is Cn1ccnc1C1(O)C2CCCC1CN(Cc1ccc(OCc3cccc(F)c3)cc1)C2. The van der Waals surface area contributed by atoms with Crippen molar-refractivity contribution in [1.82, 2.24) is 14.5 Å². The molecule has 2 atom stereocenters. The van der Waals surface area contributed by atoms with Gasteiger partial charge in [0.15, 0.2) is 0 Å². The summed E-state index contributed by atoms with van der Waals surface area (Å²) in [6.07, 6.45) is 6.94. The Morgan fingerprint density at radius 1 is 1.09 bits per heavy atom. The molecule has 5 rings (SSSR count). The van der Waals surface area contributed by atoms with Crippen LogP contribution in [0.3, 0.4) is 0 Å². The molecule has 2 aliphatic rings. The van der Waals surface area contributed by atoms with Gasteiger partial charge < -0.3 is 14.4 Å². The minimum Gasteiger partial charge on any atom is -0.489 e. The van der Waals surface area contributed by atoms with Gasteiger partial charge in [0.1, 0.15) is 29.6 Å². The summed E-state index contributed by atoms with van der Waals surface area (Å²) in [4.78, 5) is 6.98. The smallest absolute Gasteiger partial charge is 0.141 e. The van der Waals surface area contributed by atoms with Crippen molar-refractivity contribution in [2.75, 3.05) is 13.1 Å². The van der Waals surface area contributed by atoms with E-state index < -0.39 is 5.60 Å². The summed E-state index contributed by atoms with van der Waals surface area (Å²) >= 11 is 0. The molecule has 2 unspecified atom stereocenters. The van der Waals surface area contributed by atoms with Crippen LogP contribution in [0.1, 0.15) is 36.2 Å². The Morgan fingerprint density at radius 3 is 2.50 bits per heavy atom. The number of ether oxygens (including phenoxy) is 1. The number of halogens is 1. The minimum absolute atomic E-state index is 0.199. The molecule has 1 aliphatic heterocycles. The van der Waals surface area contributed by atoms with Crippen LogP contribution in [-0.2, 0) is 25.8 Å². The summed E-state index contributed by atoms with van der Waals surface area (Å²) in [5.41, 5.74) is 1.21. The Balaban J connectivity index is 1.22. The summed E-state index contributed by atoms with van der Waals surface area (Å²) < 4.78 is 21.1. The van der Waals surface area contributed by atoms with E-state index in [-0.39, 0.29) is 17.7 Å². The summed E-state index contributed by atoms with van der Waals surface area (Å²) in [5, 5.41) is 11.7. The summed E-state index contributed by atoms with van der Waals surface area (Å²) in [5.74, 6) is 1.74. The molecular formula is C26H30FN3O2. The fraction of sp³-hybridized carbons (Fsp3) is 0.423. The Hall–Kier alpha value is -2.70. The van der Waals surface area contributed by atoms with E-state index in [0.29, 0.717) is 6.61 Å². The van der Waals surface area contributed by atoms with E-state index in [1.165, 1.54) is 24.1 Å². The standard InChI is InChI=1S/C26H30FN3O2/c1-29-13-12-28-25(29)26(31)21-5-3-6-22(26)17-30(16-21)15-19-8-10-24(11-9-19)32-18-20-4-2-7-23(27)14-20/h2,4,7-14,21-22,31H,3,5-6,15-18H2,1H3. The summed E-state index contributed by atoms with van der Waals surface area (Å²) in [6, 6.07) is 14.6. The molecule has 1 aromatic heterocycles. The average Bonchev–Trinajstić information content (AvgIpc) is 3.21. The number of aromatic nitrogens is 2. The fourth-order valence-corrected chi connectivity index (χ4v) is 5.53. The number of piperidine rings is 1. The van der Waals surface area contributed by atoms with Gasteiger partial charge in [-0.2, -0.15) is 0 Å². The van der Waals surface area contributed by atoms with Gasteiger partial charge in [0.2, 0.25) is 0 Å². The van der Waals surface area contributed by atoms with Crippen molar-refractivity contribution in [3.63, 3.8) is 0 Å². The number of aryl methyl sites for hydroxylation is 1. The van der Waals surface area contributed by atoms with E-state index in [0.717, 1.165) is 49.6 Å². The lowest BCUT2D eigenvalue weighted by molar-refractivity contribution is -0.155. The van der Waals surface area contributed by atoms with Gasteiger partial charge >= 0.3 is 0 Å². The zero-order valence-electron chi connectivity index (χ0n) is 18.5. The van der Waals surface area contributed by atoms with E-state index in [9.17, 15) is 9.50 Å². The third-order valence-electron chi connectivity index (χ3n) is 7.11. The van der Waals surface area contributed by atoms with E-state index in [1.54, 1.807) is 12.3 Å². The highest BCUT2D eigenvalue weighted by molar-refractivity contribution is 5.28. The molecule has 1 saturated heterocycles. The van der Waals surface area contributed by atoms with Gasteiger partial charge in [-0.15, -0.1) is 0 Å². The molecular weight excluding hydrogens is 405 g/mol. The Labute approximate surface area is 188 Å². The molecule has 2 fully saturated rings. The molecule has 2 heterocycles. The molecule has 32 heavy (non-hydrogen) atoms. The van der Waals surface area contributed by atoms with Crippen molar-refractivity contribution in [1.29, 1.82) is 0 Å². The van der Waals surface area contributed by atoms with Gasteiger partial charge in [-0.3, -0.25) is 4.90 Å². The van der Waals surface area contributed by atoms with E-state index >= 15 is 0 Å². The molecule has 0 radical (unpaired) electrons. The highest BCUT2D eigenvalue weighted by atomic mass is 19.1. The second-order valence-electron chi connectivity index (χ2n) is 9.27. The number of imidazole rings is 1. The number of hydrogen-bond acceptors (Lipinski definition) is 4. The van der Waals surface area contributed by atoms with Crippen LogP contribution < -0.4 is 4.74 Å². The monoisotopic (exact) mass is 435 g/mol. The highest BCUT2D eigenvalue weighted by Crippen LogP contribution is 2.48. The van der Waals surface area contributed by atoms with Gasteiger partial charge in [0.25, 0.3) is 0 Å². The average molecular weight is 436 g/mol. The van der Waals surface area contributed by atoms with Gasteiger partial charge in [0, 0.05) is 50.9 Å². The van der Waals surface area contributed by atoms with Gasteiger partial charge in [-0.05, 0) is 48.2 Å². The first-order valence-corrected chi connectivity index (χ1v) is 11.4. The van der Waals surface area contributed by atoms with Crippen molar-refractivity contribution in [3.05, 3.63) is 83.7 Å². The van der Waals surface area contributed by atoms with Crippen LogP contribution in [0.5, 0.6) is 5.75 Å². The zero-order valence-corrected chi connectivity index (χ0v) is 18.5. The number of fused-ring (bicyclic) bond motifs is 2. The van der Waals surface area contributed by atoms with Crippen LogP contribution in [0.15, 0.2) is 60.9 Å². The number of likely N-dealkylation sites (tertiary alicyclic amines) is 1. The maximum Gasteiger partial charge on any atom is 0.141 e. The fourth-order valence-electron chi connectivity index (χ4n) is 5.53. The number of aliphatic hydroxyl groups is 1. The first-order chi connectivity index (χ1) is 15.5. The van der Waals surface area contributed by atoms with Crippen LogP contribution in [0.25, 0.3) is 0 Å². The van der Waals surface area contributed by atoms with Gasteiger partial charge in [0.05, 0.1) is 0 Å². The van der Waals surface area contributed by atoms with Crippen molar-refractivity contribution >= 4 is 0 Å². The molecule has 2 aromatic carbocycles. The zero-order chi connectivity index (χ0) is 22.1. The Kier molecular flexibility index (Phi) is 5.74. The molecule has 1 N–H and O–H groups in total. The third-order valence-corrected chi connectivity index (χ3v) is 7.11. The second kappa shape index (κ2) is 8.68. The molecule has 168 valence electrons. The van der Waals surface area contributed by atoms with Crippen molar-refractivity contribution < 1.29 is 14.2 Å². The molecule has 3 aromatic rings. The van der Waals surface area contributed by atoms with Crippen molar-refractivity contribution in [3.8, 4) is 5.75 Å². The summed E-state index contributed by atoms with van der Waals surface area (Å²) in [7, 11) is 1.97. The molecule has 1 aliphatic carbocycles. The first kappa shape index (κ1) is 21.2. The van der Waals surface area contributed by atoms with Crippen molar-refractivity contribution in [2.24, 2.45) is 18.9 Å². The third kappa shape index (κ3) is 4.05. The van der Waals surface area contributed by atoms with Crippen LogP contribution >= 0.6 is 0 Å². The normalized spacial score (nSPS) is 25.6. The molecule has 0 amide bonds. The first-order valence-electron chi connectivity index (χ1n) is 11.4. The number of hydrogen-bond donors (Lipinski definition) is 1. The molecule has 6 heteroatoms. The molecule has 1 saturated carbocycles.